The fraction of sp³-hybridized carbons (Fsp3) is 0.357. The van der Waals surface area contributed by atoms with Gasteiger partial charge in [0.05, 0.1) is 6.21 Å². The maximum Gasteiger partial charge on any atom is 0.231 e. The fourth-order valence-corrected chi connectivity index (χ4v) is 2.64. The first-order chi connectivity index (χ1) is 10.4. The third-order valence-electron chi connectivity index (χ3n) is 3.13. The van der Waals surface area contributed by atoms with Crippen LogP contribution < -0.4 is 9.47 Å². The first-order valence-corrected chi connectivity index (χ1v) is 7.88. The van der Waals surface area contributed by atoms with Gasteiger partial charge in [-0.1, -0.05) is 20.8 Å². The van der Waals surface area contributed by atoms with E-state index >= 15 is 0 Å². The summed E-state index contributed by atoms with van der Waals surface area (Å²) in [6.07, 6.45) is 1.71. The summed E-state index contributed by atoms with van der Waals surface area (Å²) in [5.74, 6) is 2.20. The number of aromatic amines is 1. The summed E-state index contributed by atoms with van der Waals surface area (Å²) in [7, 11) is 0. The number of rotatable bonds is 2. The SMILES string of the molecule is CC(C)(C)c1n[nH]c(=S)n1/N=C\c1cc2c(cc1Br)OCO2. The monoisotopic (exact) mass is 382 g/mol. The number of nitrogens with one attached hydrogen (secondary N) is 1. The lowest BCUT2D eigenvalue weighted by Gasteiger charge is -2.15. The van der Waals surface area contributed by atoms with E-state index in [9.17, 15) is 0 Å². The van der Waals surface area contributed by atoms with E-state index in [2.05, 4.69) is 52.0 Å². The molecule has 0 bridgehead atoms. The van der Waals surface area contributed by atoms with Crippen molar-refractivity contribution in [1.82, 2.24) is 14.9 Å². The van der Waals surface area contributed by atoms with E-state index in [0.717, 1.165) is 21.6 Å². The van der Waals surface area contributed by atoms with Gasteiger partial charge in [-0.25, -0.2) is 0 Å². The van der Waals surface area contributed by atoms with E-state index in [-0.39, 0.29) is 12.2 Å². The Morgan fingerprint density at radius 1 is 1.36 bits per heavy atom. The quantitative estimate of drug-likeness (QED) is 0.636. The number of ether oxygens (including phenoxy) is 2. The molecule has 0 atom stereocenters. The van der Waals surface area contributed by atoms with Crippen molar-refractivity contribution < 1.29 is 9.47 Å². The predicted octanol–water partition coefficient (Wildman–Crippen LogP) is 3.61. The summed E-state index contributed by atoms with van der Waals surface area (Å²) in [4.78, 5) is 0. The van der Waals surface area contributed by atoms with Gasteiger partial charge in [0.1, 0.15) is 0 Å². The molecule has 0 unspecified atom stereocenters. The van der Waals surface area contributed by atoms with Crippen LogP contribution in [0.3, 0.4) is 0 Å². The lowest BCUT2D eigenvalue weighted by Crippen LogP contribution is -2.17. The van der Waals surface area contributed by atoms with Crippen LogP contribution in [0.15, 0.2) is 21.7 Å². The number of halogens is 1. The molecule has 1 aliphatic heterocycles. The van der Waals surface area contributed by atoms with Crippen molar-refractivity contribution in [3.63, 3.8) is 0 Å². The Morgan fingerprint density at radius 3 is 2.73 bits per heavy atom. The van der Waals surface area contributed by atoms with E-state index < -0.39 is 0 Å². The highest BCUT2D eigenvalue weighted by molar-refractivity contribution is 9.10. The molecule has 3 rings (SSSR count). The zero-order chi connectivity index (χ0) is 15.9. The number of benzene rings is 1. The second-order valence-corrected chi connectivity index (χ2v) is 7.13. The normalized spacial score (nSPS) is 14.0. The Morgan fingerprint density at radius 2 is 2.05 bits per heavy atom. The molecular weight excluding hydrogens is 368 g/mol. The third-order valence-corrected chi connectivity index (χ3v) is 4.08. The van der Waals surface area contributed by atoms with Gasteiger partial charge < -0.3 is 9.47 Å². The second kappa shape index (κ2) is 5.51. The summed E-state index contributed by atoms with van der Waals surface area (Å²) in [5, 5.41) is 11.5. The highest BCUT2D eigenvalue weighted by Crippen LogP contribution is 2.36. The summed E-state index contributed by atoms with van der Waals surface area (Å²) >= 11 is 8.75. The minimum atomic E-state index is -0.170. The third kappa shape index (κ3) is 2.80. The van der Waals surface area contributed by atoms with Gasteiger partial charge >= 0.3 is 0 Å². The van der Waals surface area contributed by atoms with Crippen LogP contribution in [-0.4, -0.2) is 27.9 Å². The topological polar surface area (TPSA) is 64.4 Å². The molecule has 0 aliphatic carbocycles. The van der Waals surface area contributed by atoms with Gasteiger partial charge in [-0.15, -0.1) is 0 Å². The van der Waals surface area contributed by atoms with Crippen molar-refractivity contribution in [3.05, 3.63) is 32.8 Å². The van der Waals surface area contributed by atoms with E-state index in [1.165, 1.54) is 0 Å². The fourth-order valence-electron chi connectivity index (χ4n) is 2.04. The van der Waals surface area contributed by atoms with E-state index in [1.54, 1.807) is 10.9 Å². The van der Waals surface area contributed by atoms with Crippen molar-refractivity contribution in [3.8, 4) is 11.5 Å². The van der Waals surface area contributed by atoms with Crippen LogP contribution in [0, 0.1) is 4.77 Å². The maximum atomic E-state index is 5.38. The molecule has 0 saturated carbocycles. The van der Waals surface area contributed by atoms with Gasteiger partial charge in [0.25, 0.3) is 0 Å². The van der Waals surface area contributed by atoms with Crippen LogP contribution in [0.25, 0.3) is 0 Å². The molecule has 1 N–H and O–H groups in total. The van der Waals surface area contributed by atoms with Crippen molar-refractivity contribution in [2.24, 2.45) is 5.10 Å². The van der Waals surface area contributed by atoms with Crippen molar-refractivity contribution >= 4 is 34.4 Å². The Balaban J connectivity index is 1.99. The van der Waals surface area contributed by atoms with Crippen molar-refractivity contribution in [2.75, 3.05) is 6.79 Å². The lowest BCUT2D eigenvalue weighted by atomic mass is 9.96. The molecule has 1 aliphatic rings. The van der Waals surface area contributed by atoms with Crippen LogP contribution in [0.2, 0.25) is 0 Å². The number of fused-ring (bicyclic) bond motifs is 1. The van der Waals surface area contributed by atoms with Gasteiger partial charge in [0.2, 0.25) is 11.6 Å². The number of hydrogen-bond donors (Lipinski definition) is 1. The van der Waals surface area contributed by atoms with Crippen LogP contribution in [0.5, 0.6) is 11.5 Å². The first-order valence-electron chi connectivity index (χ1n) is 6.67. The van der Waals surface area contributed by atoms with Crippen LogP contribution in [0.4, 0.5) is 0 Å². The molecule has 0 amide bonds. The van der Waals surface area contributed by atoms with Gasteiger partial charge in [0.15, 0.2) is 17.3 Å². The standard InChI is InChI=1S/C14H15BrN4O2S/c1-14(2,3)12-17-18-13(22)19(12)16-6-8-4-10-11(5-9(8)15)21-7-20-10/h4-6H,7H2,1-3H3,(H,18,22)/b16-6-. The lowest BCUT2D eigenvalue weighted by molar-refractivity contribution is 0.174. The Bertz CT molecular complexity index is 804. The Hall–Kier alpha value is -1.67. The molecule has 8 heteroatoms. The van der Waals surface area contributed by atoms with Crippen LogP contribution in [-0.2, 0) is 5.41 Å². The second-order valence-electron chi connectivity index (χ2n) is 5.89. The van der Waals surface area contributed by atoms with Gasteiger partial charge in [-0.3, -0.25) is 5.10 Å². The predicted molar refractivity (Wildman–Crippen MR) is 89.4 cm³/mol. The highest BCUT2D eigenvalue weighted by Gasteiger charge is 2.21. The van der Waals surface area contributed by atoms with Crippen molar-refractivity contribution in [2.45, 2.75) is 26.2 Å². The average Bonchev–Trinajstić information content (AvgIpc) is 3.01. The molecule has 6 nitrogen and oxygen atoms in total. The molecule has 116 valence electrons. The summed E-state index contributed by atoms with van der Waals surface area (Å²) in [6, 6.07) is 3.74. The molecule has 0 saturated heterocycles. The molecule has 0 radical (unpaired) electrons. The van der Waals surface area contributed by atoms with Gasteiger partial charge in [0, 0.05) is 15.5 Å². The number of nitrogens with zero attached hydrogens (tertiary/aromatic N) is 3. The molecule has 1 aromatic heterocycles. The smallest absolute Gasteiger partial charge is 0.231 e. The van der Waals surface area contributed by atoms with E-state index in [1.807, 2.05) is 12.1 Å². The highest BCUT2D eigenvalue weighted by atomic mass is 79.9. The first kappa shape index (κ1) is 15.2. The summed E-state index contributed by atoms with van der Waals surface area (Å²) in [5.41, 5.74) is 0.698. The molecule has 1 aromatic carbocycles. The van der Waals surface area contributed by atoms with Gasteiger partial charge in [-0.05, 0) is 40.3 Å². The van der Waals surface area contributed by atoms with E-state index in [0.29, 0.717) is 10.5 Å². The number of hydrogen-bond acceptors (Lipinski definition) is 5. The average molecular weight is 383 g/mol. The minimum absolute atomic E-state index is 0.170. The molecule has 22 heavy (non-hydrogen) atoms. The molecule has 0 spiro atoms. The summed E-state index contributed by atoms with van der Waals surface area (Å²) < 4.78 is 13.7. The number of H-pyrrole nitrogens is 1. The van der Waals surface area contributed by atoms with E-state index in [4.69, 9.17) is 21.7 Å². The van der Waals surface area contributed by atoms with Crippen LogP contribution in [0.1, 0.15) is 32.2 Å². The van der Waals surface area contributed by atoms with Crippen molar-refractivity contribution in [1.29, 1.82) is 0 Å². The van der Waals surface area contributed by atoms with Gasteiger partial charge in [-0.2, -0.15) is 14.9 Å². The Labute approximate surface area is 141 Å². The zero-order valence-electron chi connectivity index (χ0n) is 12.4. The minimum Gasteiger partial charge on any atom is -0.454 e. The molecule has 2 heterocycles. The molecular formula is C14H15BrN4O2S. The summed E-state index contributed by atoms with van der Waals surface area (Å²) in [6.45, 7) is 6.41. The Kier molecular flexibility index (Phi) is 3.82. The zero-order valence-corrected chi connectivity index (χ0v) is 14.8. The molecule has 0 fully saturated rings. The maximum absolute atomic E-state index is 5.38. The molecule has 2 aromatic rings. The van der Waals surface area contributed by atoms with Crippen LogP contribution >= 0.6 is 28.1 Å². The number of aromatic nitrogens is 3. The largest absolute Gasteiger partial charge is 0.454 e.